The summed E-state index contributed by atoms with van der Waals surface area (Å²) in [5.74, 6) is -0.238. The minimum atomic E-state index is -0.238. The van der Waals surface area contributed by atoms with Crippen molar-refractivity contribution in [1.82, 2.24) is 5.32 Å². The highest BCUT2D eigenvalue weighted by molar-refractivity contribution is 5.90. The summed E-state index contributed by atoms with van der Waals surface area (Å²) in [7, 11) is 0. The van der Waals surface area contributed by atoms with Crippen molar-refractivity contribution in [2.75, 3.05) is 19.8 Å². The first-order chi connectivity index (χ1) is 5.75. The molecule has 0 aliphatic carbocycles. The Labute approximate surface area is 71.2 Å². The maximum absolute atomic E-state index is 11.0. The molecule has 0 aromatic carbocycles. The standard InChI is InChI=1S/C8H13NO3/c1-6(9-3-4-10)7-2-5-12-8(7)11/h9-10H,2-5H2,1H3/b7-6-. The minimum absolute atomic E-state index is 0.0691. The van der Waals surface area contributed by atoms with Gasteiger partial charge in [0.2, 0.25) is 0 Å². The number of allylic oxidation sites excluding steroid dienone is 1. The minimum Gasteiger partial charge on any atom is -0.462 e. The molecule has 12 heavy (non-hydrogen) atoms. The van der Waals surface area contributed by atoms with E-state index in [9.17, 15) is 4.79 Å². The largest absolute Gasteiger partial charge is 0.462 e. The predicted octanol–water partition coefficient (Wildman–Crippen LogP) is -0.211. The number of carbonyl (C=O) groups excluding carboxylic acids is 1. The van der Waals surface area contributed by atoms with E-state index in [4.69, 9.17) is 9.84 Å². The third kappa shape index (κ3) is 1.98. The van der Waals surface area contributed by atoms with Crippen LogP contribution in [0.5, 0.6) is 0 Å². The number of cyclic esters (lactones) is 1. The van der Waals surface area contributed by atoms with E-state index in [1.165, 1.54) is 0 Å². The lowest BCUT2D eigenvalue weighted by Gasteiger charge is -2.05. The lowest BCUT2D eigenvalue weighted by Crippen LogP contribution is -2.18. The second-order valence-electron chi connectivity index (χ2n) is 2.64. The molecular formula is C8H13NO3. The first-order valence-corrected chi connectivity index (χ1v) is 3.97. The highest BCUT2D eigenvalue weighted by Gasteiger charge is 2.20. The normalized spacial score (nSPS) is 20.7. The van der Waals surface area contributed by atoms with Crippen LogP contribution in [0.1, 0.15) is 13.3 Å². The van der Waals surface area contributed by atoms with Crippen LogP contribution in [0.3, 0.4) is 0 Å². The van der Waals surface area contributed by atoms with E-state index < -0.39 is 0 Å². The Morgan fingerprint density at radius 3 is 3.00 bits per heavy atom. The van der Waals surface area contributed by atoms with Crippen molar-refractivity contribution in [3.63, 3.8) is 0 Å². The molecule has 0 bridgehead atoms. The molecule has 1 rings (SSSR count). The first-order valence-electron chi connectivity index (χ1n) is 3.97. The van der Waals surface area contributed by atoms with Gasteiger partial charge in [-0.1, -0.05) is 0 Å². The summed E-state index contributed by atoms with van der Waals surface area (Å²) in [6, 6.07) is 0. The van der Waals surface area contributed by atoms with E-state index in [0.29, 0.717) is 25.1 Å². The van der Waals surface area contributed by atoms with Crippen LogP contribution in [0.25, 0.3) is 0 Å². The molecule has 4 nitrogen and oxygen atoms in total. The van der Waals surface area contributed by atoms with Crippen LogP contribution in [-0.4, -0.2) is 30.8 Å². The van der Waals surface area contributed by atoms with Gasteiger partial charge in [0, 0.05) is 18.7 Å². The predicted molar refractivity (Wildman–Crippen MR) is 43.4 cm³/mol. The van der Waals surface area contributed by atoms with Crippen LogP contribution in [-0.2, 0) is 9.53 Å². The zero-order valence-corrected chi connectivity index (χ0v) is 7.09. The topological polar surface area (TPSA) is 58.6 Å². The Balaban J connectivity index is 2.55. The molecule has 1 aliphatic rings. The van der Waals surface area contributed by atoms with Crippen LogP contribution in [0.4, 0.5) is 0 Å². The molecule has 2 N–H and O–H groups in total. The molecule has 0 spiro atoms. The average Bonchev–Trinajstić information content (AvgIpc) is 2.47. The number of aliphatic hydroxyl groups excluding tert-OH is 1. The molecule has 0 unspecified atom stereocenters. The second-order valence-corrected chi connectivity index (χ2v) is 2.64. The van der Waals surface area contributed by atoms with Crippen LogP contribution < -0.4 is 5.32 Å². The van der Waals surface area contributed by atoms with Gasteiger partial charge in [0.25, 0.3) is 0 Å². The molecule has 1 aliphatic heterocycles. The third-order valence-electron chi connectivity index (χ3n) is 1.79. The van der Waals surface area contributed by atoms with Crippen LogP contribution >= 0.6 is 0 Å². The van der Waals surface area contributed by atoms with Gasteiger partial charge in [-0.2, -0.15) is 0 Å². The van der Waals surface area contributed by atoms with Crippen molar-refractivity contribution < 1.29 is 14.6 Å². The molecule has 0 saturated carbocycles. The number of ether oxygens (including phenoxy) is 1. The zero-order chi connectivity index (χ0) is 8.97. The fraction of sp³-hybridized carbons (Fsp3) is 0.625. The molecule has 4 heteroatoms. The first kappa shape index (κ1) is 9.06. The smallest absolute Gasteiger partial charge is 0.335 e. The lowest BCUT2D eigenvalue weighted by molar-refractivity contribution is -0.135. The van der Waals surface area contributed by atoms with Crippen molar-refractivity contribution in [2.45, 2.75) is 13.3 Å². The molecule has 1 heterocycles. The van der Waals surface area contributed by atoms with Crippen LogP contribution in [0.2, 0.25) is 0 Å². The van der Waals surface area contributed by atoms with Crippen molar-refractivity contribution in [2.24, 2.45) is 0 Å². The number of rotatable bonds is 3. The quantitative estimate of drug-likeness (QED) is 0.455. The Kier molecular flexibility index (Phi) is 3.10. The van der Waals surface area contributed by atoms with Gasteiger partial charge in [0.1, 0.15) is 0 Å². The third-order valence-corrected chi connectivity index (χ3v) is 1.79. The van der Waals surface area contributed by atoms with E-state index in [1.807, 2.05) is 6.92 Å². The Morgan fingerprint density at radius 1 is 1.75 bits per heavy atom. The highest BCUT2D eigenvalue weighted by Crippen LogP contribution is 2.15. The van der Waals surface area contributed by atoms with Gasteiger partial charge in [-0.05, 0) is 6.92 Å². The Hall–Kier alpha value is -1.03. The molecule has 0 amide bonds. The van der Waals surface area contributed by atoms with Gasteiger partial charge in [-0.15, -0.1) is 0 Å². The van der Waals surface area contributed by atoms with Gasteiger partial charge >= 0.3 is 5.97 Å². The summed E-state index contributed by atoms with van der Waals surface area (Å²) >= 11 is 0. The highest BCUT2D eigenvalue weighted by atomic mass is 16.5. The fourth-order valence-electron chi connectivity index (χ4n) is 1.13. The van der Waals surface area contributed by atoms with Crippen molar-refractivity contribution in [3.8, 4) is 0 Å². The number of carbonyl (C=O) groups is 1. The lowest BCUT2D eigenvalue weighted by atomic mass is 10.2. The Morgan fingerprint density at radius 2 is 2.50 bits per heavy atom. The molecule has 68 valence electrons. The fourth-order valence-corrected chi connectivity index (χ4v) is 1.13. The van der Waals surface area contributed by atoms with Gasteiger partial charge < -0.3 is 15.2 Å². The molecule has 0 radical (unpaired) electrons. The SMILES string of the molecule is C/C(NCCO)=C1\CCOC1=O. The van der Waals surface area contributed by atoms with E-state index in [2.05, 4.69) is 5.32 Å². The maximum atomic E-state index is 11.0. The van der Waals surface area contributed by atoms with Crippen molar-refractivity contribution >= 4 is 5.97 Å². The van der Waals surface area contributed by atoms with E-state index in [1.54, 1.807) is 0 Å². The van der Waals surface area contributed by atoms with Crippen molar-refractivity contribution in [3.05, 3.63) is 11.3 Å². The summed E-state index contributed by atoms with van der Waals surface area (Å²) in [5.41, 5.74) is 1.51. The van der Waals surface area contributed by atoms with Gasteiger partial charge in [0.05, 0.1) is 18.8 Å². The molecular weight excluding hydrogens is 158 g/mol. The molecule has 0 aromatic rings. The van der Waals surface area contributed by atoms with E-state index in [-0.39, 0.29) is 12.6 Å². The molecule has 1 fully saturated rings. The second kappa shape index (κ2) is 4.11. The average molecular weight is 171 g/mol. The monoisotopic (exact) mass is 171 g/mol. The summed E-state index contributed by atoms with van der Waals surface area (Å²) in [4.78, 5) is 11.0. The zero-order valence-electron chi connectivity index (χ0n) is 7.09. The van der Waals surface area contributed by atoms with Gasteiger partial charge in [-0.3, -0.25) is 0 Å². The number of aliphatic hydroxyl groups is 1. The van der Waals surface area contributed by atoms with Crippen LogP contribution in [0.15, 0.2) is 11.3 Å². The number of nitrogens with one attached hydrogen (secondary N) is 1. The summed E-state index contributed by atoms with van der Waals surface area (Å²) in [5, 5.41) is 11.5. The molecule has 0 atom stereocenters. The summed E-state index contributed by atoms with van der Waals surface area (Å²) in [6.45, 7) is 2.84. The van der Waals surface area contributed by atoms with Gasteiger partial charge in [-0.25, -0.2) is 4.79 Å². The van der Waals surface area contributed by atoms with Crippen molar-refractivity contribution in [1.29, 1.82) is 0 Å². The summed E-state index contributed by atoms with van der Waals surface area (Å²) < 4.78 is 4.77. The van der Waals surface area contributed by atoms with E-state index in [0.717, 1.165) is 5.70 Å². The maximum Gasteiger partial charge on any atom is 0.335 e. The Bertz CT molecular complexity index is 210. The molecule has 1 saturated heterocycles. The summed E-state index contributed by atoms with van der Waals surface area (Å²) in [6.07, 6.45) is 0.670. The van der Waals surface area contributed by atoms with E-state index >= 15 is 0 Å². The van der Waals surface area contributed by atoms with Gasteiger partial charge in [0.15, 0.2) is 0 Å². The molecule has 0 aromatic heterocycles. The number of hydrogen-bond donors (Lipinski definition) is 2. The number of hydrogen-bond acceptors (Lipinski definition) is 4. The number of esters is 1. The van der Waals surface area contributed by atoms with Crippen LogP contribution in [0, 0.1) is 0 Å².